The van der Waals surface area contributed by atoms with Crippen LogP contribution in [0.15, 0.2) is 0 Å². The number of halogens is 31. The summed E-state index contributed by atoms with van der Waals surface area (Å²) in [5, 5.41) is 7.83. The van der Waals surface area contributed by atoms with Crippen molar-refractivity contribution < 1.29 is 151 Å². The SMILES string of the molecule is OCC(F)(F)C(F)(F)C(F)(F)C(F)(F)C(F)(F)C(F)(F)C(F)(F)C(F)(F)C(F)(F)OC(F)(F)C(F)(F)OC(F)(F)C(F)(F)C(F)(F)C(F)(F)F. The Kier molecular flexibility index (Phi) is 11.3. The van der Waals surface area contributed by atoms with Gasteiger partial charge in [0.2, 0.25) is 0 Å². The summed E-state index contributed by atoms with van der Waals surface area (Å²) < 4.78 is 410. The van der Waals surface area contributed by atoms with Gasteiger partial charge in [0.1, 0.15) is 6.61 Å². The van der Waals surface area contributed by atoms with Crippen LogP contribution in [-0.2, 0) is 9.47 Å². The van der Waals surface area contributed by atoms with Crippen molar-refractivity contribution in [3.63, 3.8) is 0 Å². The third kappa shape index (κ3) is 6.27. The van der Waals surface area contributed by atoms with E-state index in [1.807, 2.05) is 0 Å². The predicted octanol–water partition coefficient (Wildman–Crippen LogP) is 9.30. The van der Waals surface area contributed by atoms with Gasteiger partial charge in [-0.05, 0) is 0 Å². The summed E-state index contributed by atoms with van der Waals surface area (Å²) in [7, 11) is 0. The molecule has 0 fully saturated rings. The molecule has 0 aliphatic rings. The van der Waals surface area contributed by atoms with Gasteiger partial charge in [-0.3, -0.25) is 0 Å². The minimum Gasteiger partial charge on any atom is -0.390 e. The second-order valence-corrected chi connectivity index (χ2v) is 8.80. The number of alkyl halides is 31. The Morgan fingerprint density at radius 3 is 0.680 bits per heavy atom. The highest BCUT2D eigenvalue weighted by Gasteiger charge is 2.97. The van der Waals surface area contributed by atoms with Crippen molar-refractivity contribution in [2.75, 3.05) is 6.61 Å². The van der Waals surface area contributed by atoms with Crippen molar-refractivity contribution in [3.05, 3.63) is 0 Å². The van der Waals surface area contributed by atoms with E-state index in [0.29, 0.717) is 4.74 Å². The van der Waals surface area contributed by atoms with E-state index >= 15 is 0 Å². The van der Waals surface area contributed by atoms with Gasteiger partial charge in [0.15, 0.2) is 0 Å². The maximum atomic E-state index is 13.7. The lowest BCUT2D eigenvalue weighted by Gasteiger charge is -2.44. The molecule has 0 aromatic rings. The summed E-state index contributed by atoms with van der Waals surface area (Å²) in [6.45, 7) is -3.84. The zero-order chi connectivity index (χ0) is 41.6. The van der Waals surface area contributed by atoms with Gasteiger partial charge in [-0.25, -0.2) is 9.47 Å². The van der Waals surface area contributed by atoms with E-state index in [-0.39, 0.29) is 0 Å². The lowest BCUT2D eigenvalue weighted by atomic mass is 9.87. The lowest BCUT2D eigenvalue weighted by molar-refractivity contribution is -0.560. The first-order valence-electron chi connectivity index (χ1n) is 10.3. The summed E-state index contributed by atoms with van der Waals surface area (Å²) in [6.07, 6.45) is -43.0. The van der Waals surface area contributed by atoms with Crippen LogP contribution in [0, 0.1) is 0 Å². The molecule has 302 valence electrons. The molecule has 0 heterocycles. The van der Waals surface area contributed by atoms with Gasteiger partial charge in [0, 0.05) is 0 Å². The highest BCUT2D eigenvalue weighted by atomic mass is 19.4. The third-order valence-electron chi connectivity index (χ3n) is 5.36. The van der Waals surface area contributed by atoms with Crippen molar-refractivity contribution in [2.45, 2.75) is 89.8 Å². The Morgan fingerprint density at radius 1 is 0.260 bits per heavy atom. The van der Waals surface area contributed by atoms with Crippen molar-refractivity contribution >= 4 is 0 Å². The average molecular weight is 832 g/mol. The number of rotatable bonds is 16. The van der Waals surface area contributed by atoms with Crippen LogP contribution in [0.2, 0.25) is 0 Å². The standard InChI is InChI=1S/C16H3F31O3/c17-2(18,1-48)3(19,20)4(21,22)5(23,24)6(25,26)7(27,28)8(29,30)10(33,34)13(40,41)49-15(44,45)16(46,47)50-14(42,43)11(35,36)9(31,32)12(37,38)39/h48H,1H2. The van der Waals surface area contributed by atoms with Crippen LogP contribution >= 0.6 is 0 Å². The number of hydrogen-bond acceptors (Lipinski definition) is 3. The topological polar surface area (TPSA) is 38.7 Å². The van der Waals surface area contributed by atoms with Crippen LogP contribution in [0.25, 0.3) is 0 Å². The van der Waals surface area contributed by atoms with Crippen LogP contribution in [0.4, 0.5) is 136 Å². The van der Waals surface area contributed by atoms with Crippen LogP contribution in [0.5, 0.6) is 0 Å². The van der Waals surface area contributed by atoms with Gasteiger partial charge in [0.05, 0.1) is 0 Å². The van der Waals surface area contributed by atoms with E-state index < -0.39 is 96.4 Å². The fourth-order valence-electron chi connectivity index (χ4n) is 2.43. The minimum absolute atomic E-state index is 0.706. The van der Waals surface area contributed by atoms with Crippen LogP contribution in [0.1, 0.15) is 0 Å². The van der Waals surface area contributed by atoms with E-state index in [1.54, 1.807) is 0 Å². The maximum Gasteiger partial charge on any atom is 0.460 e. The largest absolute Gasteiger partial charge is 0.460 e. The van der Waals surface area contributed by atoms with Crippen LogP contribution in [0.3, 0.4) is 0 Å². The molecule has 0 radical (unpaired) electrons. The van der Waals surface area contributed by atoms with E-state index in [0.717, 1.165) is 4.74 Å². The van der Waals surface area contributed by atoms with Gasteiger partial charge in [0.25, 0.3) is 0 Å². The molecule has 0 aromatic heterocycles. The molecule has 0 rings (SSSR count). The lowest BCUT2D eigenvalue weighted by Crippen LogP contribution is -2.76. The Balaban J connectivity index is 7.09. The predicted molar refractivity (Wildman–Crippen MR) is 84.6 cm³/mol. The summed E-state index contributed by atoms with van der Waals surface area (Å²) in [5.41, 5.74) is 0. The molecule has 34 heteroatoms. The molecule has 0 aromatic carbocycles. The molecule has 0 spiro atoms. The van der Waals surface area contributed by atoms with Crippen molar-refractivity contribution in [3.8, 4) is 0 Å². The molecular formula is C16H3F31O3. The van der Waals surface area contributed by atoms with Gasteiger partial charge in [-0.2, -0.15) is 136 Å². The number of hydrogen-bond donors (Lipinski definition) is 1. The second-order valence-electron chi connectivity index (χ2n) is 8.80. The van der Waals surface area contributed by atoms with E-state index in [9.17, 15) is 136 Å². The second kappa shape index (κ2) is 11.9. The summed E-state index contributed by atoms with van der Waals surface area (Å²) >= 11 is 0. The molecule has 0 saturated heterocycles. The van der Waals surface area contributed by atoms with E-state index in [4.69, 9.17) is 5.11 Å². The fraction of sp³-hybridized carbons (Fsp3) is 1.00. The zero-order valence-electron chi connectivity index (χ0n) is 21.2. The average Bonchev–Trinajstić information content (AvgIpc) is 2.85. The van der Waals surface area contributed by atoms with E-state index in [1.165, 1.54) is 0 Å². The molecule has 0 aliphatic heterocycles. The molecule has 0 bridgehead atoms. The first-order valence-corrected chi connectivity index (χ1v) is 10.3. The molecule has 0 atom stereocenters. The van der Waals surface area contributed by atoms with E-state index in [2.05, 4.69) is 0 Å². The Morgan fingerprint density at radius 2 is 0.460 bits per heavy atom. The van der Waals surface area contributed by atoms with Gasteiger partial charge in [-0.15, -0.1) is 0 Å². The summed E-state index contributed by atoms with van der Waals surface area (Å²) in [6, 6.07) is 0. The molecule has 50 heavy (non-hydrogen) atoms. The van der Waals surface area contributed by atoms with Gasteiger partial charge < -0.3 is 5.11 Å². The maximum absolute atomic E-state index is 13.7. The van der Waals surface area contributed by atoms with Crippen LogP contribution < -0.4 is 0 Å². The number of aliphatic hydroxyl groups is 1. The Hall–Kier alpha value is -2.29. The Labute approximate surface area is 248 Å². The summed E-state index contributed by atoms with van der Waals surface area (Å²) in [4.78, 5) is 0. The normalized spacial score (nSPS) is 17.0. The van der Waals surface area contributed by atoms with Crippen molar-refractivity contribution in [2.24, 2.45) is 0 Å². The highest BCUT2D eigenvalue weighted by Crippen LogP contribution is 2.66. The quantitative estimate of drug-likeness (QED) is 0.158. The first-order chi connectivity index (χ1) is 21.0. The fourth-order valence-corrected chi connectivity index (χ4v) is 2.43. The molecule has 0 unspecified atom stereocenters. The molecule has 0 aliphatic carbocycles. The smallest absolute Gasteiger partial charge is 0.390 e. The number of aliphatic hydroxyl groups excluding tert-OH is 1. The molecule has 0 amide bonds. The zero-order valence-corrected chi connectivity index (χ0v) is 21.2. The molecule has 3 nitrogen and oxygen atoms in total. The summed E-state index contributed by atoms with van der Waals surface area (Å²) in [5.74, 6) is -89.4. The first kappa shape index (κ1) is 47.7. The van der Waals surface area contributed by atoms with Crippen molar-refractivity contribution in [1.29, 1.82) is 0 Å². The molecular weight excluding hydrogens is 829 g/mol. The van der Waals surface area contributed by atoms with Gasteiger partial charge >= 0.3 is 89.8 Å². The minimum atomic E-state index is -9.69. The Bertz CT molecular complexity index is 1210. The monoisotopic (exact) mass is 832 g/mol. The number of ether oxygens (including phenoxy) is 2. The van der Waals surface area contributed by atoms with Crippen LogP contribution in [-0.4, -0.2) is 102 Å². The molecule has 0 saturated carbocycles. The molecule has 1 N–H and O–H groups in total. The third-order valence-corrected chi connectivity index (χ3v) is 5.36. The van der Waals surface area contributed by atoms with Gasteiger partial charge in [-0.1, -0.05) is 0 Å². The highest BCUT2D eigenvalue weighted by molar-refractivity contribution is 5.16. The van der Waals surface area contributed by atoms with Crippen molar-refractivity contribution in [1.82, 2.24) is 0 Å².